The first-order valence-corrected chi connectivity index (χ1v) is 10.4. The van der Waals surface area contributed by atoms with Gasteiger partial charge in [-0.25, -0.2) is 9.59 Å². The van der Waals surface area contributed by atoms with Gasteiger partial charge in [-0.15, -0.1) is 0 Å². The second-order valence-electron chi connectivity index (χ2n) is 9.09. The van der Waals surface area contributed by atoms with Gasteiger partial charge in [-0.1, -0.05) is 11.6 Å². The van der Waals surface area contributed by atoms with Crippen molar-refractivity contribution in [3.63, 3.8) is 0 Å². The van der Waals surface area contributed by atoms with E-state index in [-0.39, 0.29) is 17.7 Å². The lowest BCUT2D eigenvalue weighted by atomic mass is 9.65. The van der Waals surface area contributed by atoms with Crippen molar-refractivity contribution in [2.75, 3.05) is 32.8 Å². The maximum Gasteiger partial charge on any atom is 0.407 e. The van der Waals surface area contributed by atoms with Gasteiger partial charge < -0.3 is 19.9 Å². The van der Waals surface area contributed by atoms with Gasteiger partial charge in [0.05, 0.1) is 18.1 Å². The molecule has 1 saturated carbocycles. The number of hydrogen-bond acceptors (Lipinski definition) is 4. The second-order valence-corrected chi connectivity index (χ2v) is 9.53. The highest BCUT2D eigenvalue weighted by atomic mass is 35.5. The van der Waals surface area contributed by atoms with Gasteiger partial charge in [-0.05, 0) is 50.2 Å². The highest BCUT2D eigenvalue weighted by Gasteiger charge is 2.54. The number of halogens is 1. The molecular weight excluding hydrogens is 380 g/mol. The van der Waals surface area contributed by atoms with Gasteiger partial charge in [0.15, 0.2) is 0 Å². The van der Waals surface area contributed by atoms with E-state index in [4.69, 9.17) is 16.3 Å². The Morgan fingerprint density at radius 3 is 2.54 bits per heavy atom. The highest BCUT2D eigenvalue weighted by Crippen LogP contribution is 2.46. The SMILES string of the molecule is O=C1NC2(CO1)CN(C(=O)N1CC3(CCC(Cc4ccc(Cl)cn4)CC3)C1)C2. The molecule has 1 aromatic heterocycles. The summed E-state index contributed by atoms with van der Waals surface area (Å²) in [7, 11) is 0. The van der Waals surface area contributed by atoms with Gasteiger partial charge in [0.25, 0.3) is 0 Å². The minimum Gasteiger partial charge on any atom is -0.447 e. The molecule has 3 aliphatic heterocycles. The Bertz CT molecular complexity index is 777. The molecule has 0 radical (unpaired) electrons. The average Bonchev–Trinajstić information content (AvgIpc) is 3.03. The minimum absolute atomic E-state index is 0.102. The van der Waals surface area contributed by atoms with Crippen molar-refractivity contribution >= 4 is 23.7 Å². The van der Waals surface area contributed by atoms with Gasteiger partial charge in [0, 0.05) is 30.4 Å². The molecule has 3 saturated heterocycles. The molecular formula is C20H25ClN4O3. The van der Waals surface area contributed by atoms with Crippen molar-refractivity contribution in [3.8, 4) is 0 Å². The molecule has 0 unspecified atom stereocenters. The number of urea groups is 1. The van der Waals surface area contributed by atoms with E-state index in [1.54, 1.807) is 6.20 Å². The van der Waals surface area contributed by atoms with Gasteiger partial charge in [-0.2, -0.15) is 0 Å². The zero-order chi connectivity index (χ0) is 19.4. The van der Waals surface area contributed by atoms with Crippen molar-refractivity contribution in [1.82, 2.24) is 20.1 Å². The van der Waals surface area contributed by atoms with E-state index in [2.05, 4.69) is 10.3 Å². The number of aromatic nitrogens is 1. The highest BCUT2D eigenvalue weighted by molar-refractivity contribution is 6.30. The zero-order valence-corrected chi connectivity index (χ0v) is 16.6. The number of nitrogens with one attached hydrogen (secondary N) is 1. The minimum atomic E-state index is -0.374. The molecule has 4 fully saturated rings. The first-order valence-electron chi connectivity index (χ1n) is 10.0. The molecule has 8 heteroatoms. The molecule has 0 atom stereocenters. The summed E-state index contributed by atoms with van der Waals surface area (Å²) in [5.74, 6) is 0.672. The summed E-state index contributed by atoms with van der Waals surface area (Å²) in [6.45, 7) is 3.20. The van der Waals surface area contributed by atoms with Crippen LogP contribution < -0.4 is 5.32 Å². The summed E-state index contributed by atoms with van der Waals surface area (Å²) in [4.78, 5) is 32.1. The third-order valence-electron chi connectivity index (χ3n) is 6.88. The van der Waals surface area contributed by atoms with Crippen LogP contribution in [0.5, 0.6) is 0 Å². The third-order valence-corrected chi connectivity index (χ3v) is 7.10. The number of carbonyl (C=O) groups excluding carboxylic acids is 2. The molecule has 0 bridgehead atoms. The fourth-order valence-corrected chi connectivity index (χ4v) is 5.33. The van der Waals surface area contributed by atoms with Crippen LogP contribution in [0, 0.1) is 11.3 Å². The Labute approximate surface area is 169 Å². The smallest absolute Gasteiger partial charge is 0.407 e. The molecule has 5 rings (SSSR count). The number of nitrogens with zero attached hydrogens (tertiary/aromatic N) is 3. The fourth-order valence-electron chi connectivity index (χ4n) is 5.21. The molecule has 4 heterocycles. The van der Waals surface area contributed by atoms with E-state index in [1.807, 2.05) is 21.9 Å². The largest absolute Gasteiger partial charge is 0.447 e. The molecule has 2 spiro atoms. The van der Waals surface area contributed by atoms with Crippen LogP contribution in [0.3, 0.4) is 0 Å². The maximum absolute atomic E-state index is 12.7. The predicted octanol–water partition coefficient (Wildman–Crippen LogP) is 2.68. The zero-order valence-electron chi connectivity index (χ0n) is 15.8. The molecule has 0 aromatic carbocycles. The number of carbonyl (C=O) groups is 2. The second kappa shape index (κ2) is 6.51. The molecule has 28 heavy (non-hydrogen) atoms. The number of alkyl carbamates (subject to hydrolysis) is 1. The molecule has 1 aromatic rings. The molecule has 7 nitrogen and oxygen atoms in total. The summed E-state index contributed by atoms with van der Waals surface area (Å²) >= 11 is 5.91. The van der Waals surface area contributed by atoms with E-state index < -0.39 is 0 Å². The van der Waals surface area contributed by atoms with Crippen LogP contribution in [-0.2, 0) is 11.2 Å². The number of rotatable bonds is 2. The summed E-state index contributed by atoms with van der Waals surface area (Å²) in [6.07, 6.45) is 7.12. The van der Waals surface area contributed by atoms with Gasteiger partial charge in [-0.3, -0.25) is 4.98 Å². The number of likely N-dealkylation sites (tertiary alicyclic amines) is 2. The average molecular weight is 405 g/mol. The van der Waals surface area contributed by atoms with Crippen molar-refractivity contribution in [3.05, 3.63) is 29.0 Å². The maximum atomic E-state index is 12.7. The Balaban J connectivity index is 1.07. The van der Waals surface area contributed by atoms with E-state index in [9.17, 15) is 9.59 Å². The molecule has 4 aliphatic rings. The Morgan fingerprint density at radius 1 is 1.21 bits per heavy atom. The summed E-state index contributed by atoms with van der Waals surface area (Å²) in [5, 5.41) is 3.51. The number of pyridine rings is 1. The molecule has 3 amide bonds. The summed E-state index contributed by atoms with van der Waals surface area (Å²) < 4.78 is 4.98. The first kappa shape index (κ1) is 18.0. The third kappa shape index (κ3) is 3.19. The van der Waals surface area contributed by atoms with E-state index in [1.165, 1.54) is 25.7 Å². The first-order chi connectivity index (χ1) is 13.4. The molecule has 1 aliphatic carbocycles. The van der Waals surface area contributed by atoms with Crippen LogP contribution in [0.15, 0.2) is 18.3 Å². The number of amides is 3. The summed E-state index contributed by atoms with van der Waals surface area (Å²) in [5.41, 5.74) is 1.08. The van der Waals surface area contributed by atoms with E-state index in [0.29, 0.717) is 36.1 Å². The Kier molecular flexibility index (Phi) is 4.19. The predicted molar refractivity (Wildman–Crippen MR) is 103 cm³/mol. The molecule has 1 N–H and O–H groups in total. The Hall–Kier alpha value is -2.02. The normalized spacial score (nSPS) is 25.2. The monoisotopic (exact) mass is 404 g/mol. The lowest BCUT2D eigenvalue weighted by Crippen LogP contribution is -2.73. The van der Waals surface area contributed by atoms with Crippen LogP contribution in [0.2, 0.25) is 5.02 Å². The van der Waals surface area contributed by atoms with Crippen molar-refractivity contribution in [1.29, 1.82) is 0 Å². The van der Waals surface area contributed by atoms with Crippen LogP contribution in [-0.4, -0.2) is 65.2 Å². The Morgan fingerprint density at radius 2 is 1.93 bits per heavy atom. The van der Waals surface area contributed by atoms with Gasteiger partial charge in [0.1, 0.15) is 12.1 Å². The topological polar surface area (TPSA) is 74.8 Å². The van der Waals surface area contributed by atoms with E-state index in [0.717, 1.165) is 25.2 Å². The van der Waals surface area contributed by atoms with Crippen molar-refractivity contribution in [2.24, 2.45) is 11.3 Å². The van der Waals surface area contributed by atoms with E-state index >= 15 is 0 Å². The molecule has 150 valence electrons. The standard InChI is InChI=1S/C20H25ClN4O3/c21-15-1-2-16(22-8-15)7-14-3-5-19(6-4-14)9-24(10-19)18(27)25-11-20(12-25)13-28-17(26)23-20/h1-2,8,14H,3-7,9-13H2,(H,23,26). The number of cyclic esters (lactones) is 1. The van der Waals surface area contributed by atoms with Crippen LogP contribution in [0.4, 0.5) is 9.59 Å². The lowest BCUT2D eigenvalue weighted by Gasteiger charge is -2.56. The van der Waals surface area contributed by atoms with Crippen LogP contribution in [0.25, 0.3) is 0 Å². The summed E-state index contributed by atoms with van der Waals surface area (Å²) in [6, 6.07) is 4.03. The number of ether oxygens (including phenoxy) is 1. The van der Waals surface area contributed by atoms with Crippen molar-refractivity contribution < 1.29 is 14.3 Å². The van der Waals surface area contributed by atoms with Crippen molar-refractivity contribution in [2.45, 2.75) is 37.6 Å². The van der Waals surface area contributed by atoms with Crippen LogP contribution in [0.1, 0.15) is 31.4 Å². The quantitative estimate of drug-likeness (QED) is 0.822. The van der Waals surface area contributed by atoms with Gasteiger partial charge >= 0.3 is 12.1 Å². The lowest BCUT2D eigenvalue weighted by molar-refractivity contribution is -0.0348. The number of hydrogen-bond donors (Lipinski definition) is 1. The van der Waals surface area contributed by atoms with Crippen LogP contribution >= 0.6 is 11.6 Å². The fraction of sp³-hybridized carbons (Fsp3) is 0.650. The van der Waals surface area contributed by atoms with Gasteiger partial charge in [0.2, 0.25) is 0 Å².